The van der Waals surface area contributed by atoms with E-state index in [1.54, 1.807) is 0 Å². The molecule has 3 nitrogen and oxygen atoms in total. The van der Waals surface area contributed by atoms with Crippen LogP contribution in [0.25, 0.3) is 0 Å². The lowest BCUT2D eigenvalue weighted by Gasteiger charge is -2.29. The van der Waals surface area contributed by atoms with E-state index < -0.39 is 0 Å². The van der Waals surface area contributed by atoms with Gasteiger partial charge in [-0.05, 0) is 157 Å². The van der Waals surface area contributed by atoms with Crippen LogP contribution in [0.15, 0.2) is 30.3 Å². The molecule has 4 aliphatic rings. The number of rotatable bonds is 8. The predicted molar refractivity (Wildman–Crippen MR) is 203 cm³/mol. The summed E-state index contributed by atoms with van der Waals surface area (Å²) in [5.74, 6) is 3.37. The molecule has 3 aromatic rings. The molecule has 0 bridgehead atoms. The van der Waals surface area contributed by atoms with Crippen LogP contribution in [-0.4, -0.2) is 15.3 Å². The molecule has 0 radical (unpaired) electrons. The maximum absolute atomic E-state index is 11.8. The fourth-order valence-electron chi connectivity index (χ4n) is 10.5. The number of aryl methyl sites for hydroxylation is 1. The molecule has 3 heteroatoms. The Morgan fingerprint density at radius 3 is 1.10 bits per heavy atom. The second-order valence-electron chi connectivity index (χ2n) is 16.7. The Balaban J connectivity index is 1.29. The van der Waals surface area contributed by atoms with Crippen molar-refractivity contribution in [3.05, 3.63) is 86.0 Å². The lowest BCUT2D eigenvalue weighted by Crippen LogP contribution is -2.11. The van der Waals surface area contributed by atoms with Crippen molar-refractivity contribution in [1.82, 2.24) is 0 Å². The molecular formula is C46H62O3. The topological polar surface area (TPSA) is 60.7 Å². The average Bonchev–Trinajstić information content (AvgIpc) is 3.15. The monoisotopic (exact) mass is 662 g/mol. The zero-order valence-electron chi connectivity index (χ0n) is 30.6. The van der Waals surface area contributed by atoms with Crippen molar-refractivity contribution in [3.8, 4) is 17.2 Å². The first-order valence-corrected chi connectivity index (χ1v) is 20.4. The normalized spacial score (nSPS) is 20.5. The van der Waals surface area contributed by atoms with E-state index in [4.69, 9.17) is 0 Å². The summed E-state index contributed by atoms with van der Waals surface area (Å²) in [6, 6.07) is 11.6. The van der Waals surface area contributed by atoms with Gasteiger partial charge in [-0.3, -0.25) is 0 Å². The molecule has 0 atom stereocenters. The summed E-state index contributed by atoms with van der Waals surface area (Å²) in [4.78, 5) is 0. The van der Waals surface area contributed by atoms with Crippen LogP contribution < -0.4 is 0 Å². The van der Waals surface area contributed by atoms with Crippen LogP contribution in [0.4, 0.5) is 0 Å². The van der Waals surface area contributed by atoms with Gasteiger partial charge in [0.05, 0.1) is 0 Å². The van der Waals surface area contributed by atoms with E-state index in [-0.39, 0.29) is 0 Å². The van der Waals surface area contributed by atoms with Gasteiger partial charge in [0.25, 0.3) is 0 Å². The zero-order chi connectivity index (χ0) is 33.9. The summed E-state index contributed by atoms with van der Waals surface area (Å²) in [5, 5.41) is 34.9. The molecule has 0 aliphatic heterocycles. The van der Waals surface area contributed by atoms with E-state index >= 15 is 0 Å². The second kappa shape index (κ2) is 15.5. The summed E-state index contributed by atoms with van der Waals surface area (Å²) < 4.78 is 0. The fourth-order valence-corrected chi connectivity index (χ4v) is 10.5. The van der Waals surface area contributed by atoms with Gasteiger partial charge in [-0.15, -0.1) is 0 Å². The molecule has 0 saturated heterocycles. The highest BCUT2D eigenvalue weighted by Crippen LogP contribution is 2.47. The minimum atomic E-state index is 0.411. The zero-order valence-corrected chi connectivity index (χ0v) is 30.6. The number of hydrogen-bond donors (Lipinski definition) is 3. The predicted octanol–water partition coefficient (Wildman–Crippen LogP) is 12.8. The maximum Gasteiger partial charge on any atom is 0.122 e. The van der Waals surface area contributed by atoms with E-state index in [9.17, 15) is 15.3 Å². The molecule has 0 unspecified atom stereocenters. The van der Waals surface area contributed by atoms with Gasteiger partial charge >= 0.3 is 0 Å². The summed E-state index contributed by atoms with van der Waals surface area (Å²) in [6.07, 6.45) is 26.2. The van der Waals surface area contributed by atoms with E-state index in [0.717, 1.165) is 24.0 Å². The molecule has 4 saturated carbocycles. The number of aromatic hydroxyl groups is 3. The second-order valence-corrected chi connectivity index (χ2v) is 16.7. The van der Waals surface area contributed by atoms with E-state index in [0.29, 0.717) is 40.9 Å². The highest BCUT2D eigenvalue weighted by atomic mass is 16.3. The van der Waals surface area contributed by atoms with Gasteiger partial charge in [0.2, 0.25) is 0 Å². The van der Waals surface area contributed by atoms with Gasteiger partial charge in [0.1, 0.15) is 17.2 Å². The lowest BCUT2D eigenvalue weighted by atomic mass is 9.77. The quantitative estimate of drug-likeness (QED) is 0.225. The maximum atomic E-state index is 11.8. The van der Waals surface area contributed by atoms with Crippen LogP contribution in [0.2, 0.25) is 0 Å². The van der Waals surface area contributed by atoms with Crippen LogP contribution in [0.5, 0.6) is 17.2 Å². The molecule has 3 aromatic carbocycles. The van der Waals surface area contributed by atoms with E-state index in [1.807, 2.05) is 6.92 Å². The van der Waals surface area contributed by atoms with Gasteiger partial charge in [-0.25, -0.2) is 0 Å². The van der Waals surface area contributed by atoms with E-state index in [2.05, 4.69) is 37.3 Å². The van der Waals surface area contributed by atoms with Crippen molar-refractivity contribution < 1.29 is 15.3 Å². The highest BCUT2D eigenvalue weighted by molar-refractivity contribution is 5.55. The third-order valence-electron chi connectivity index (χ3n) is 13.4. The molecule has 49 heavy (non-hydrogen) atoms. The third-order valence-corrected chi connectivity index (χ3v) is 13.4. The number of benzene rings is 3. The Kier molecular flexibility index (Phi) is 10.9. The number of hydrogen-bond acceptors (Lipinski definition) is 3. The number of phenolic OH excluding ortho intramolecular Hbond substituents is 3. The lowest BCUT2D eigenvalue weighted by molar-refractivity contribution is 0.392. The van der Waals surface area contributed by atoms with Crippen LogP contribution in [0.3, 0.4) is 0 Å². The van der Waals surface area contributed by atoms with Gasteiger partial charge in [-0.1, -0.05) is 107 Å². The van der Waals surface area contributed by atoms with Gasteiger partial charge < -0.3 is 15.3 Å². The molecular weight excluding hydrogens is 601 g/mol. The van der Waals surface area contributed by atoms with Crippen molar-refractivity contribution in [2.24, 2.45) is 0 Å². The minimum absolute atomic E-state index is 0.411. The van der Waals surface area contributed by atoms with Crippen LogP contribution in [-0.2, 0) is 12.8 Å². The standard InChI is InChI=1S/C46H62O3/c1-30-23-38(24-32-26-40(34-15-7-3-8-16-34)45(48)41(27-32)35-17-9-4-10-18-35)39(31(2)44(30)47)25-33-28-42(36-19-11-5-12-20-36)46(49)43(29-33)37-21-13-6-14-22-37/h23,26-29,34-37,47-49H,3-22,24-25H2,1-2H3. The smallest absolute Gasteiger partial charge is 0.122 e. The summed E-state index contributed by atoms with van der Waals surface area (Å²) in [7, 11) is 0. The third kappa shape index (κ3) is 7.57. The van der Waals surface area contributed by atoms with Gasteiger partial charge in [0, 0.05) is 0 Å². The average molecular weight is 663 g/mol. The van der Waals surface area contributed by atoms with Crippen molar-refractivity contribution in [2.75, 3.05) is 0 Å². The Morgan fingerprint density at radius 1 is 0.429 bits per heavy atom. The molecule has 7 rings (SSSR count). The van der Waals surface area contributed by atoms with Crippen molar-refractivity contribution in [1.29, 1.82) is 0 Å². The van der Waals surface area contributed by atoms with Crippen molar-refractivity contribution >= 4 is 0 Å². The molecule has 3 N–H and O–H groups in total. The molecule has 0 heterocycles. The minimum Gasteiger partial charge on any atom is -0.507 e. The summed E-state index contributed by atoms with van der Waals surface area (Å²) in [5.41, 5.74) is 11.8. The molecule has 4 aliphatic carbocycles. The van der Waals surface area contributed by atoms with Gasteiger partial charge in [0.15, 0.2) is 0 Å². The summed E-state index contributed by atoms with van der Waals surface area (Å²) >= 11 is 0. The van der Waals surface area contributed by atoms with Crippen molar-refractivity contribution in [2.45, 2.75) is 179 Å². The molecule has 0 spiro atoms. The SMILES string of the molecule is Cc1cc(Cc2cc(C3CCCCC3)c(O)c(C3CCCCC3)c2)c(Cc2cc(C3CCCCC3)c(O)c(C3CCCCC3)c2)c(C)c1O. The van der Waals surface area contributed by atoms with Crippen molar-refractivity contribution in [3.63, 3.8) is 0 Å². The van der Waals surface area contributed by atoms with Gasteiger partial charge in [-0.2, -0.15) is 0 Å². The molecule has 4 fully saturated rings. The fraction of sp³-hybridized carbons (Fsp3) is 0.609. The molecule has 0 amide bonds. The molecule has 0 aromatic heterocycles. The summed E-state index contributed by atoms with van der Waals surface area (Å²) in [6.45, 7) is 4.14. The highest BCUT2D eigenvalue weighted by Gasteiger charge is 2.28. The number of phenols is 3. The first-order chi connectivity index (χ1) is 23.9. The Labute approximate surface area is 296 Å². The molecule has 264 valence electrons. The van der Waals surface area contributed by atoms with Crippen LogP contribution in [0, 0.1) is 13.8 Å². The van der Waals surface area contributed by atoms with E-state index in [1.165, 1.54) is 173 Å². The largest absolute Gasteiger partial charge is 0.507 e. The first-order valence-electron chi connectivity index (χ1n) is 20.4. The Morgan fingerprint density at radius 2 is 0.755 bits per heavy atom. The Bertz CT molecular complexity index is 1510. The van der Waals surface area contributed by atoms with Crippen LogP contribution in [0.1, 0.15) is 208 Å². The van der Waals surface area contributed by atoms with Crippen LogP contribution >= 0.6 is 0 Å². The Hall–Kier alpha value is -2.94. The first kappa shape index (κ1) is 34.5.